The van der Waals surface area contributed by atoms with Crippen molar-refractivity contribution < 1.29 is 26.8 Å². The zero-order valence-electron chi connectivity index (χ0n) is 14.2. The van der Waals surface area contributed by atoms with Gasteiger partial charge in [0.05, 0.1) is 31.1 Å². The molecule has 0 spiro atoms. The predicted octanol–water partition coefficient (Wildman–Crippen LogP) is 0.933. The van der Waals surface area contributed by atoms with Crippen LogP contribution in [-0.4, -0.2) is 52.1 Å². The fraction of sp³-hybridized carbons (Fsp3) is 0.333. The van der Waals surface area contributed by atoms with E-state index in [2.05, 4.69) is 0 Å². The van der Waals surface area contributed by atoms with E-state index >= 15 is 0 Å². The van der Waals surface area contributed by atoms with E-state index in [1.54, 1.807) is 12.1 Å². The van der Waals surface area contributed by atoms with Gasteiger partial charge < -0.3 is 9.64 Å². The maximum atomic E-state index is 13.0. The molecule has 140 valence electrons. The molecule has 0 saturated carbocycles. The number of hydrogen-bond acceptors (Lipinski definition) is 3. The molecule has 1 aliphatic rings. The topological polar surface area (TPSA) is 51.0 Å². The van der Waals surface area contributed by atoms with Crippen molar-refractivity contribution in [2.24, 2.45) is 0 Å². The molecule has 0 amide bonds. The molecule has 2 aromatic carbocycles. The lowest BCUT2D eigenvalue weighted by molar-refractivity contribution is -0.903. The molecule has 1 saturated heterocycles. The third-order valence-corrected chi connectivity index (χ3v) is 6.33. The first-order chi connectivity index (χ1) is 12.4. The number of halogens is 2. The normalized spacial score (nSPS) is 16.5. The molecule has 2 aromatic rings. The van der Waals surface area contributed by atoms with E-state index in [0.717, 1.165) is 18.7 Å². The first kappa shape index (κ1) is 18.8. The molecule has 0 aliphatic carbocycles. The Balaban J connectivity index is 1.47. The average Bonchev–Trinajstić information content (AvgIpc) is 2.64. The van der Waals surface area contributed by atoms with E-state index in [-0.39, 0.29) is 10.7 Å². The predicted molar refractivity (Wildman–Crippen MR) is 92.6 cm³/mol. The SMILES string of the molecule is O=S(=O)(c1ccc(F)cc1)N1CC[NH+](CCOc2ccc(F)cc2)CC1. The molecule has 0 radical (unpaired) electrons. The molecule has 1 aliphatic heterocycles. The number of quaternary nitrogens is 1. The van der Waals surface area contributed by atoms with Crippen LogP contribution in [-0.2, 0) is 10.0 Å². The number of sulfonamides is 1. The molecule has 5 nitrogen and oxygen atoms in total. The van der Waals surface area contributed by atoms with Crippen molar-refractivity contribution in [3.05, 3.63) is 60.2 Å². The van der Waals surface area contributed by atoms with Crippen molar-refractivity contribution in [1.29, 1.82) is 0 Å². The van der Waals surface area contributed by atoms with Crippen LogP contribution in [0.4, 0.5) is 8.78 Å². The highest BCUT2D eigenvalue weighted by atomic mass is 32.2. The third-order valence-electron chi connectivity index (χ3n) is 4.42. The third kappa shape index (κ3) is 4.57. The molecule has 0 bridgehead atoms. The molecule has 1 fully saturated rings. The fourth-order valence-corrected chi connectivity index (χ4v) is 4.33. The lowest BCUT2D eigenvalue weighted by Crippen LogP contribution is -3.15. The van der Waals surface area contributed by atoms with E-state index in [1.165, 1.54) is 33.5 Å². The number of piperazine rings is 1. The highest BCUT2D eigenvalue weighted by Crippen LogP contribution is 2.16. The van der Waals surface area contributed by atoms with Crippen molar-refractivity contribution in [2.75, 3.05) is 39.3 Å². The van der Waals surface area contributed by atoms with Crippen molar-refractivity contribution >= 4 is 10.0 Å². The van der Waals surface area contributed by atoms with Crippen LogP contribution >= 0.6 is 0 Å². The van der Waals surface area contributed by atoms with E-state index in [1.807, 2.05) is 0 Å². The summed E-state index contributed by atoms with van der Waals surface area (Å²) in [5.41, 5.74) is 0. The minimum atomic E-state index is -3.58. The monoisotopic (exact) mass is 383 g/mol. The summed E-state index contributed by atoms with van der Waals surface area (Å²) in [4.78, 5) is 1.36. The molecule has 1 N–H and O–H groups in total. The Morgan fingerprint density at radius 2 is 1.46 bits per heavy atom. The lowest BCUT2D eigenvalue weighted by atomic mass is 10.3. The van der Waals surface area contributed by atoms with Gasteiger partial charge in [-0.15, -0.1) is 0 Å². The van der Waals surface area contributed by atoms with Crippen LogP contribution in [0, 0.1) is 11.6 Å². The minimum Gasteiger partial charge on any atom is -0.488 e. The Kier molecular flexibility index (Phi) is 5.85. The summed E-state index contributed by atoms with van der Waals surface area (Å²) in [7, 11) is -3.58. The van der Waals surface area contributed by atoms with Gasteiger partial charge in [-0.2, -0.15) is 4.31 Å². The van der Waals surface area contributed by atoms with Crippen LogP contribution in [0.15, 0.2) is 53.4 Å². The quantitative estimate of drug-likeness (QED) is 0.808. The Bertz CT molecular complexity index is 819. The van der Waals surface area contributed by atoms with E-state index < -0.39 is 15.8 Å². The number of nitrogens with one attached hydrogen (secondary N) is 1. The smallest absolute Gasteiger partial charge is 0.243 e. The fourth-order valence-electron chi connectivity index (χ4n) is 2.89. The maximum absolute atomic E-state index is 13.0. The molecule has 0 unspecified atom stereocenters. The summed E-state index contributed by atoms with van der Waals surface area (Å²) in [5.74, 6) is -0.149. The van der Waals surface area contributed by atoms with Crippen molar-refractivity contribution in [1.82, 2.24) is 4.31 Å². The highest BCUT2D eigenvalue weighted by Gasteiger charge is 2.30. The highest BCUT2D eigenvalue weighted by molar-refractivity contribution is 7.89. The molecule has 1 heterocycles. The minimum absolute atomic E-state index is 0.113. The number of nitrogens with zero attached hydrogens (tertiary/aromatic N) is 1. The van der Waals surface area contributed by atoms with Gasteiger partial charge in [0.2, 0.25) is 10.0 Å². The van der Waals surface area contributed by atoms with Gasteiger partial charge in [0.25, 0.3) is 0 Å². The average molecular weight is 383 g/mol. The van der Waals surface area contributed by atoms with Gasteiger partial charge in [-0.25, -0.2) is 17.2 Å². The zero-order chi connectivity index (χ0) is 18.6. The van der Waals surface area contributed by atoms with E-state index in [4.69, 9.17) is 4.74 Å². The Morgan fingerprint density at radius 3 is 2.04 bits per heavy atom. The molecule has 3 rings (SSSR count). The summed E-state index contributed by atoms with van der Waals surface area (Å²) in [6, 6.07) is 10.8. The number of ether oxygens (including phenoxy) is 1. The zero-order valence-corrected chi connectivity index (χ0v) is 15.0. The van der Waals surface area contributed by atoms with E-state index in [0.29, 0.717) is 38.5 Å². The van der Waals surface area contributed by atoms with Crippen LogP contribution in [0.5, 0.6) is 5.75 Å². The second-order valence-corrected chi connectivity index (χ2v) is 8.10. The summed E-state index contributed by atoms with van der Waals surface area (Å²) in [5, 5.41) is 0. The van der Waals surface area contributed by atoms with Gasteiger partial charge in [0.1, 0.15) is 30.5 Å². The summed E-state index contributed by atoms with van der Waals surface area (Å²) in [6.45, 7) is 3.38. The second-order valence-electron chi connectivity index (χ2n) is 6.16. The maximum Gasteiger partial charge on any atom is 0.243 e. The molecular weight excluding hydrogens is 362 g/mol. The molecule has 26 heavy (non-hydrogen) atoms. The summed E-state index contributed by atoms with van der Waals surface area (Å²) < 4.78 is 58.0. The lowest BCUT2D eigenvalue weighted by Gasteiger charge is -2.31. The van der Waals surface area contributed by atoms with Gasteiger partial charge in [0.15, 0.2) is 0 Å². The summed E-state index contributed by atoms with van der Waals surface area (Å²) >= 11 is 0. The van der Waals surface area contributed by atoms with Crippen LogP contribution in [0.25, 0.3) is 0 Å². The molecule has 8 heteroatoms. The second kappa shape index (κ2) is 8.11. The molecular formula is C18H21F2N2O3S+. The van der Waals surface area contributed by atoms with Gasteiger partial charge in [0, 0.05) is 0 Å². The van der Waals surface area contributed by atoms with Crippen LogP contribution in [0.3, 0.4) is 0 Å². The van der Waals surface area contributed by atoms with Crippen molar-refractivity contribution in [3.63, 3.8) is 0 Å². The van der Waals surface area contributed by atoms with Crippen molar-refractivity contribution in [2.45, 2.75) is 4.90 Å². The first-order valence-electron chi connectivity index (χ1n) is 8.43. The van der Waals surface area contributed by atoms with Gasteiger partial charge in [-0.05, 0) is 48.5 Å². The number of benzene rings is 2. The standard InChI is InChI=1S/C18H20F2N2O3S/c19-15-1-5-17(6-2-15)25-14-13-21-9-11-22(12-10-21)26(23,24)18-7-3-16(20)4-8-18/h1-8H,9-14H2/p+1. The van der Waals surface area contributed by atoms with E-state index in [9.17, 15) is 17.2 Å². The van der Waals surface area contributed by atoms with Gasteiger partial charge in [-0.1, -0.05) is 0 Å². The number of hydrogen-bond donors (Lipinski definition) is 1. The van der Waals surface area contributed by atoms with Crippen molar-refractivity contribution in [3.8, 4) is 5.75 Å². The molecule has 0 aromatic heterocycles. The molecule has 0 atom stereocenters. The van der Waals surface area contributed by atoms with Gasteiger partial charge >= 0.3 is 0 Å². The Labute approximate surface area is 151 Å². The largest absolute Gasteiger partial charge is 0.488 e. The first-order valence-corrected chi connectivity index (χ1v) is 9.87. The van der Waals surface area contributed by atoms with Crippen LogP contribution < -0.4 is 9.64 Å². The Morgan fingerprint density at radius 1 is 0.923 bits per heavy atom. The van der Waals surface area contributed by atoms with Gasteiger partial charge in [-0.3, -0.25) is 0 Å². The van der Waals surface area contributed by atoms with Crippen LogP contribution in [0.2, 0.25) is 0 Å². The summed E-state index contributed by atoms with van der Waals surface area (Å²) in [6.07, 6.45) is 0. The van der Waals surface area contributed by atoms with Crippen LogP contribution in [0.1, 0.15) is 0 Å². The number of rotatable bonds is 6. The Hall–Kier alpha value is -2.03.